The normalized spacial score (nSPS) is 15.7. The van der Waals surface area contributed by atoms with E-state index in [1.807, 2.05) is 41.3 Å². The van der Waals surface area contributed by atoms with Gasteiger partial charge in [-0.3, -0.25) is 4.79 Å². The van der Waals surface area contributed by atoms with Gasteiger partial charge in [-0.15, -0.1) is 11.3 Å². The molecule has 29 heavy (non-hydrogen) atoms. The zero-order valence-electron chi connectivity index (χ0n) is 16.8. The van der Waals surface area contributed by atoms with E-state index in [9.17, 15) is 4.79 Å². The molecule has 0 unspecified atom stereocenters. The van der Waals surface area contributed by atoms with Crippen LogP contribution in [0.2, 0.25) is 0 Å². The van der Waals surface area contributed by atoms with Crippen LogP contribution in [0.5, 0.6) is 11.5 Å². The van der Waals surface area contributed by atoms with Crippen molar-refractivity contribution < 1.29 is 14.3 Å². The minimum Gasteiger partial charge on any atom is -0.497 e. The molecule has 0 aliphatic carbocycles. The average Bonchev–Trinajstić information content (AvgIpc) is 3.26. The quantitative estimate of drug-likeness (QED) is 0.585. The maximum Gasteiger partial charge on any atom is 0.223 e. The zero-order valence-corrected chi connectivity index (χ0v) is 17.6. The summed E-state index contributed by atoms with van der Waals surface area (Å²) in [5, 5.41) is 2.13. The fourth-order valence-electron chi connectivity index (χ4n) is 4.04. The van der Waals surface area contributed by atoms with Gasteiger partial charge < -0.3 is 14.4 Å². The zero-order chi connectivity index (χ0) is 20.2. The molecule has 0 fully saturated rings. The molecule has 1 aromatic heterocycles. The number of fused-ring (bicyclic) bond motifs is 1. The molecule has 0 N–H and O–H groups in total. The second-order valence-electron chi connectivity index (χ2n) is 7.13. The number of carbonyl (C=O) groups is 1. The molecular weight excluding hydrogens is 382 g/mol. The molecule has 2 aromatic carbocycles. The van der Waals surface area contributed by atoms with E-state index in [-0.39, 0.29) is 11.9 Å². The smallest absolute Gasteiger partial charge is 0.223 e. The lowest BCUT2D eigenvalue weighted by molar-refractivity contribution is -0.133. The number of benzene rings is 2. The molecule has 0 radical (unpaired) electrons. The van der Waals surface area contributed by atoms with Crippen LogP contribution in [-0.4, -0.2) is 31.6 Å². The predicted octanol–water partition coefficient (Wildman–Crippen LogP) is 4.87. The number of hydrogen-bond donors (Lipinski definition) is 0. The molecule has 0 saturated carbocycles. The predicted molar refractivity (Wildman–Crippen MR) is 116 cm³/mol. The van der Waals surface area contributed by atoms with E-state index in [1.54, 1.807) is 25.6 Å². The third kappa shape index (κ3) is 4.01. The van der Waals surface area contributed by atoms with Crippen molar-refractivity contribution in [3.8, 4) is 11.5 Å². The molecule has 5 heteroatoms. The number of carbonyl (C=O) groups excluding carboxylic acids is 1. The highest BCUT2D eigenvalue weighted by molar-refractivity contribution is 7.10. The Bertz CT molecular complexity index is 983. The molecule has 4 rings (SSSR count). The summed E-state index contributed by atoms with van der Waals surface area (Å²) in [6.45, 7) is 0.751. The van der Waals surface area contributed by atoms with Crippen LogP contribution in [0, 0.1) is 0 Å². The van der Waals surface area contributed by atoms with Gasteiger partial charge in [-0.05, 0) is 59.2 Å². The Morgan fingerprint density at radius 1 is 1.10 bits per heavy atom. The number of thiophene rings is 1. The van der Waals surface area contributed by atoms with Crippen LogP contribution in [0.1, 0.15) is 34.0 Å². The van der Waals surface area contributed by atoms with Gasteiger partial charge in [0, 0.05) is 17.8 Å². The number of rotatable bonds is 6. The highest BCUT2D eigenvalue weighted by Gasteiger charge is 2.32. The van der Waals surface area contributed by atoms with Crippen molar-refractivity contribution in [1.29, 1.82) is 0 Å². The second kappa shape index (κ2) is 8.70. The highest BCUT2D eigenvalue weighted by Crippen LogP contribution is 2.38. The number of methoxy groups -OCH3 is 2. The SMILES string of the molecule is COc1ccc(OC)c(CCC(=O)N2CCc3sccc3[C@@H]2c2ccccc2)c1. The first kappa shape index (κ1) is 19.5. The molecule has 1 amide bonds. The second-order valence-corrected chi connectivity index (χ2v) is 8.13. The molecule has 0 saturated heterocycles. The van der Waals surface area contributed by atoms with Crippen molar-refractivity contribution in [2.45, 2.75) is 25.3 Å². The molecule has 1 aliphatic rings. The topological polar surface area (TPSA) is 38.8 Å². The summed E-state index contributed by atoms with van der Waals surface area (Å²) in [5.74, 6) is 1.73. The van der Waals surface area contributed by atoms with E-state index in [4.69, 9.17) is 9.47 Å². The van der Waals surface area contributed by atoms with Crippen LogP contribution < -0.4 is 9.47 Å². The molecule has 1 atom stereocenters. The van der Waals surface area contributed by atoms with Crippen molar-refractivity contribution >= 4 is 17.2 Å². The Morgan fingerprint density at radius 2 is 1.93 bits per heavy atom. The molecule has 3 aromatic rings. The third-order valence-electron chi connectivity index (χ3n) is 5.50. The van der Waals surface area contributed by atoms with E-state index in [0.717, 1.165) is 30.0 Å². The van der Waals surface area contributed by atoms with Gasteiger partial charge in [0.15, 0.2) is 0 Å². The lowest BCUT2D eigenvalue weighted by atomic mass is 9.92. The standard InChI is InChI=1S/C24H25NO3S/c1-27-19-9-10-21(28-2)18(16-19)8-11-23(26)25-14-12-22-20(13-15-29-22)24(25)17-6-4-3-5-7-17/h3-7,9-10,13,15-16,24H,8,11-12,14H2,1-2H3/t24-/m0/s1. The van der Waals surface area contributed by atoms with E-state index >= 15 is 0 Å². The minimum atomic E-state index is -0.00842. The van der Waals surface area contributed by atoms with Gasteiger partial charge >= 0.3 is 0 Å². The Labute approximate surface area is 175 Å². The van der Waals surface area contributed by atoms with Gasteiger partial charge in [-0.1, -0.05) is 30.3 Å². The largest absolute Gasteiger partial charge is 0.497 e. The molecular formula is C24H25NO3S. The molecule has 4 nitrogen and oxygen atoms in total. The summed E-state index contributed by atoms with van der Waals surface area (Å²) in [4.78, 5) is 16.7. The number of amides is 1. The Morgan fingerprint density at radius 3 is 2.69 bits per heavy atom. The first-order chi connectivity index (χ1) is 14.2. The van der Waals surface area contributed by atoms with Crippen LogP contribution in [0.15, 0.2) is 60.0 Å². The van der Waals surface area contributed by atoms with Crippen LogP contribution in [-0.2, 0) is 17.6 Å². The van der Waals surface area contributed by atoms with E-state index in [0.29, 0.717) is 12.8 Å². The van der Waals surface area contributed by atoms with Crippen molar-refractivity contribution in [3.05, 3.63) is 81.5 Å². The Kier molecular flexibility index (Phi) is 5.86. The van der Waals surface area contributed by atoms with Gasteiger partial charge in [0.05, 0.1) is 20.3 Å². The molecule has 0 bridgehead atoms. The van der Waals surface area contributed by atoms with Crippen molar-refractivity contribution in [2.24, 2.45) is 0 Å². The third-order valence-corrected chi connectivity index (χ3v) is 6.49. The van der Waals surface area contributed by atoms with Crippen LogP contribution >= 0.6 is 11.3 Å². The summed E-state index contributed by atoms with van der Waals surface area (Å²) in [7, 11) is 3.30. The number of nitrogens with zero attached hydrogens (tertiary/aromatic N) is 1. The number of hydrogen-bond acceptors (Lipinski definition) is 4. The highest BCUT2D eigenvalue weighted by atomic mass is 32.1. The first-order valence-corrected chi connectivity index (χ1v) is 10.7. The molecule has 2 heterocycles. The summed E-state index contributed by atoms with van der Waals surface area (Å²) in [5.41, 5.74) is 3.42. The van der Waals surface area contributed by atoms with E-state index < -0.39 is 0 Å². The first-order valence-electron chi connectivity index (χ1n) is 9.83. The van der Waals surface area contributed by atoms with Crippen molar-refractivity contribution in [3.63, 3.8) is 0 Å². The van der Waals surface area contributed by atoms with Gasteiger partial charge in [0.2, 0.25) is 5.91 Å². The van der Waals surface area contributed by atoms with Crippen molar-refractivity contribution in [2.75, 3.05) is 20.8 Å². The lowest BCUT2D eigenvalue weighted by Crippen LogP contribution is -2.40. The maximum atomic E-state index is 13.3. The fraction of sp³-hybridized carbons (Fsp3) is 0.292. The Hall–Kier alpha value is -2.79. The lowest BCUT2D eigenvalue weighted by Gasteiger charge is -2.36. The monoisotopic (exact) mass is 407 g/mol. The van der Waals surface area contributed by atoms with Crippen LogP contribution in [0.3, 0.4) is 0 Å². The van der Waals surface area contributed by atoms with Gasteiger partial charge in [-0.2, -0.15) is 0 Å². The maximum absolute atomic E-state index is 13.3. The molecule has 1 aliphatic heterocycles. The number of aryl methyl sites for hydroxylation is 1. The Balaban J connectivity index is 1.57. The van der Waals surface area contributed by atoms with Crippen LogP contribution in [0.25, 0.3) is 0 Å². The minimum absolute atomic E-state index is 0.00842. The fourth-order valence-corrected chi connectivity index (χ4v) is 4.95. The summed E-state index contributed by atoms with van der Waals surface area (Å²) >= 11 is 1.79. The van der Waals surface area contributed by atoms with Gasteiger partial charge in [0.25, 0.3) is 0 Å². The summed E-state index contributed by atoms with van der Waals surface area (Å²) in [6, 6.07) is 18.2. The van der Waals surface area contributed by atoms with E-state index in [2.05, 4.69) is 23.6 Å². The molecule has 0 spiro atoms. The van der Waals surface area contributed by atoms with Crippen LogP contribution in [0.4, 0.5) is 0 Å². The summed E-state index contributed by atoms with van der Waals surface area (Å²) in [6.07, 6.45) is 1.98. The van der Waals surface area contributed by atoms with Crippen molar-refractivity contribution in [1.82, 2.24) is 4.90 Å². The van der Waals surface area contributed by atoms with Gasteiger partial charge in [-0.25, -0.2) is 0 Å². The summed E-state index contributed by atoms with van der Waals surface area (Å²) < 4.78 is 10.8. The van der Waals surface area contributed by atoms with E-state index in [1.165, 1.54) is 16.0 Å². The number of ether oxygens (including phenoxy) is 2. The molecule has 150 valence electrons. The van der Waals surface area contributed by atoms with Gasteiger partial charge in [0.1, 0.15) is 11.5 Å². The average molecular weight is 408 g/mol.